The summed E-state index contributed by atoms with van der Waals surface area (Å²) in [5, 5.41) is 15.4. The molecule has 3 N–H and O–H groups in total. The Labute approximate surface area is 97.8 Å². The van der Waals surface area contributed by atoms with Crippen LogP contribution in [0.2, 0.25) is 0 Å². The second-order valence-corrected chi connectivity index (χ2v) is 4.71. The van der Waals surface area contributed by atoms with Gasteiger partial charge < -0.3 is 15.7 Å². The van der Waals surface area contributed by atoms with Crippen LogP contribution in [0.1, 0.15) is 39.5 Å². The standard InChI is InChI=1S/C12H24N2O2/c1-3-13-9(2)7-12(16)14-11-6-4-5-10(11)8-15/h9-11,13,15H,3-8H2,1-2H3,(H,14,16). The fourth-order valence-corrected chi connectivity index (χ4v) is 2.41. The number of hydrogen-bond acceptors (Lipinski definition) is 3. The van der Waals surface area contributed by atoms with E-state index in [4.69, 9.17) is 5.11 Å². The molecule has 1 fully saturated rings. The van der Waals surface area contributed by atoms with Crippen molar-refractivity contribution >= 4 is 5.91 Å². The average molecular weight is 228 g/mol. The van der Waals surface area contributed by atoms with Gasteiger partial charge in [0.1, 0.15) is 0 Å². The van der Waals surface area contributed by atoms with Crippen LogP contribution in [0.3, 0.4) is 0 Å². The Morgan fingerprint density at radius 2 is 2.25 bits per heavy atom. The Balaban J connectivity index is 2.28. The molecule has 16 heavy (non-hydrogen) atoms. The topological polar surface area (TPSA) is 61.4 Å². The summed E-state index contributed by atoms with van der Waals surface area (Å²) >= 11 is 0. The zero-order valence-electron chi connectivity index (χ0n) is 10.3. The molecule has 3 atom stereocenters. The lowest BCUT2D eigenvalue weighted by Crippen LogP contribution is -2.41. The third-order valence-corrected chi connectivity index (χ3v) is 3.28. The number of carbonyl (C=O) groups is 1. The average Bonchev–Trinajstić information content (AvgIpc) is 2.65. The second kappa shape index (κ2) is 6.86. The second-order valence-electron chi connectivity index (χ2n) is 4.71. The fraction of sp³-hybridized carbons (Fsp3) is 0.917. The molecule has 0 aromatic heterocycles. The van der Waals surface area contributed by atoms with Gasteiger partial charge >= 0.3 is 0 Å². The molecule has 1 rings (SSSR count). The van der Waals surface area contributed by atoms with Gasteiger partial charge in [-0.3, -0.25) is 4.79 Å². The van der Waals surface area contributed by atoms with Crippen molar-refractivity contribution in [1.29, 1.82) is 0 Å². The van der Waals surface area contributed by atoms with Gasteiger partial charge in [-0.05, 0) is 26.3 Å². The molecule has 0 aliphatic heterocycles. The Morgan fingerprint density at radius 3 is 2.88 bits per heavy atom. The first-order valence-electron chi connectivity index (χ1n) is 6.31. The van der Waals surface area contributed by atoms with E-state index in [9.17, 15) is 4.79 Å². The summed E-state index contributed by atoms with van der Waals surface area (Å²) in [7, 11) is 0. The lowest BCUT2D eigenvalue weighted by atomic mass is 10.0. The van der Waals surface area contributed by atoms with Crippen LogP contribution in [0.4, 0.5) is 0 Å². The van der Waals surface area contributed by atoms with E-state index in [2.05, 4.69) is 10.6 Å². The lowest BCUT2D eigenvalue weighted by molar-refractivity contribution is -0.122. The fourth-order valence-electron chi connectivity index (χ4n) is 2.41. The van der Waals surface area contributed by atoms with E-state index in [1.165, 1.54) is 0 Å². The Kier molecular flexibility index (Phi) is 5.77. The normalized spacial score (nSPS) is 26.7. The van der Waals surface area contributed by atoms with Crippen molar-refractivity contribution in [3.8, 4) is 0 Å². The van der Waals surface area contributed by atoms with Crippen molar-refractivity contribution in [2.24, 2.45) is 5.92 Å². The van der Waals surface area contributed by atoms with Crippen molar-refractivity contribution in [3.05, 3.63) is 0 Å². The maximum Gasteiger partial charge on any atom is 0.221 e. The largest absolute Gasteiger partial charge is 0.396 e. The van der Waals surface area contributed by atoms with Gasteiger partial charge in [-0.25, -0.2) is 0 Å². The summed E-state index contributed by atoms with van der Waals surface area (Å²) in [6, 6.07) is 0.408. The third-order valence-electron chi connectivity index (χ3n) is 3.28. The van der Waals surface area contributed by atoms with E-state index in [0.29, 0.717) is 6.42 Å². The number of hydrogen-bond donors (Lipinski definition) is 3. The molecule has 0 aromatic rings. The summed E-state index contributed by atoms with van der Waals surface area (Å²) in [4.78, 5) is 11.7. The maximum absolute atomic E-state index is 11.7. The van der Waals surface area contributed by atoms with Crippen LogP contribution in [-0.2, 0) is 4.79 Å². The number of nitrogens with one attached hydrogen (secondary N) is 2. The Morgan fingerprint density at radius 1 is 1.50 bits per heavy atom. The number of aliphatic hydroxyl groups excluding tert-OH is 1. The van der Waals surface area contributed by atoms with Crippen LogP contribution in [0.5, 0.6) is 0 Å². The van der Waals surface area contributed by atoms with Crippen LogP contribution in [0.25, 0.3) is 0 Å². The molecule has 4 heteroatoms. The summed E-state index contributed by atoms with van der Waals surface area (Å²) in [6.45, 7) is 5.12. The Bertz CT molecular complexity index is 221. The molecule has 0 bridgehead atoms. The van der Waals surface area contributed by atoms with Crippen molar-refractivity contribution in [2.45, 2.75) is 51.6 Å². The molecule has 1 aliphatic rings. The molecule has 0 spiro atoms. The monoisotopic (exact) mass is 228 g/mol. The summed E-state index contributed by atoms with van der Waals surface area (Å²) in [5.74, 6) is 0.359. The van der Waals surface area contributed by atoms with E-state index >= 15 is 0 Å². The highest BCUT2D eigenvalue weighted by molar-refractivity contribution is 5.76. The minimum absolute atomic E-state index is 0.0961. The van der Waals surface area contributed by atoms with Gasteiger partial charge in [-0.15, -0.1) is 0 Å². The van der Waals surface area contributed by atoms with E-state index in [0.717, 1.165) is 25.8 Å². The highest BCUT2D eigenvalue weighted by atomic mass is 16.3. The highest BCUT2D eigenvalue weighted by Gasteiger charge is 2.27. The van der Waals surface area contributed by atoms with Crippen LogP contribution < -0.4 is 10.6 Å². The first kappa shape index (κ1) is 13.5. The molecular formula is C12H24N2O2. The van der Waals surface area contributed by atoms with Gasteiger partial charge in [0.15, 0.2) is 0 Å². The van der Waals surface area contributed by atoms with Crippen LogP contribution in [0.15, 0.2) is 0 Å². The maximum atomic E-state index is 11.7. The van der Waals surface area contributed by atoms with Gasteiger partial charge in [0, 0.05) is 31.0 Å². The van der Waals surface area contributed by atoms with Gasteiger partial charge in [0.05, 0.1) is 0 Å². The Hall–Kier alpha value is -0.610. The molecule has 1 amide bonds. The van der Waals surface area contributed by atoms with E-state index in [1.54, 1.807) is 0 Å². The number of aliphatic hydroxyl groups is 1. The summed E-state index contributed by atoms with van der Waals surface area (Å²) in [6.07, 6.45) is 3.66. The smallest absolute Gasteiger partial charge is 0.221 e. The minimum atomic E-state index is 0.0961. The number of amides is 1. The quantitative estimate of drug-likeness (QED) is 0.625. The first-order valence-corrected chi connectivity index (χ1v) is 6.31. The number of carbonyl (C=O) groups excluding carboxylic acids is 1. The zero-order valence-corrected chi connectivity index (χ0v) is 10.3. The molecule has 0 aromatic carbocycles. The van der Waals surface area contributed by atoms with Crippen molar-refractivity contribution in [2.75, 3.05) is 13.2 Å². The summed E-state index contributed by atoms with van der Waals surface area (Å²) in [5.41, 5.74) is 0. The summed E-state index contributed by atoms with van der Waals surface area (Å²) < 4.78 is 0. The van der Waals surface area contributed by atoms with E-state index in [-0.39, 0.29) is 30.5 Å². The molecule has 3 unspecified atom stereocenters. The molecule has 0 radical (unpaired) electrons. The van der Waals surface area contributed by atoms with Crippen molar-refractivity contribution in [3.63, 3.8) is 0 Å². The first-order chi connectivity index (χ1) is 7.67. The molecule has 1 saturated carbocycles. The zero-order chi connectivity index (χ0) is 12.0. The molecule has 94 valence electrons. The highest BCUT2D eigenvalue weighted by Crippen LogP contribution is 2.25. The van der Waals surface area contributed by atoms with Gasteiger partial charge in [0.2, 0.25) is 5.91 Å². The van der Waals surface area contributed by atoms with Crippen molar-refractivity contribution < 1.29 is 9.90 Å². The van der Waals surface area contributed by atoms with Gasteiger partial charge in [-0.2, -0.15) is 0 Å². The van der Waals surface area contributed by atoms with Crippen LogP contribution >= 0.6 is 0 Å². The predicted molar refractivity (Wildman–Crippen MR) is 64.1 cm³/mol. The lowest BCUT2D eigenvalue weighted by Gasteiger charge is -2.20. The van der Waals surface area contributed by atoms with E-state index < -0.39 is 0 Å². The van der Waals surface area contributed by atoms with Gasteiger partial charge in [-0.1, -0.05) is 13.3 Å². The molecule has 4 nitrogen and oxygen atoms in total. The third kappa shape index (κ3) is 4.10. The predicted octanol–water partition coefficient (Wildman–Crippen LogP) is 0.652. The van der Waals surface area contributed by atoms with Crippen LogP contribution in [-0.4, -0.2) is 36.2 Å². The molecular weight excluding hydrogens is 204 g/mol. The van der Waals surface area contributed by atoms with Crippen LogP contribution in [0, 0.1) is 5.92 Å². The SMILES string of the molecule is CCNC(C)CC(=O)NC1CCCC1CO. The minimum Gasteiger partial charge on any atom is -0.396 e. The molecule has 1 aliphatic carbocycles. The van der Waals surface area contributed by atoms with Crippen molar-refractivity contribution in [1.82, 2.24) is 10.6 Å². The van der Waals surface area contributed by atoms with E-state index in [1.807, 2.05) is 13.8 Å². The molecule has 0 heterocycles. The number of rotatable bonds is 6. The molecule has 0 saturated heterocycles. The van der Waals surface area contributed by atoms with Gasteiger partial charge in [0.25, 0.3) is 0 Å².